The molecule has 10 heteroatoms. The molecule has 1 aromatic heterocycles. The maximum Gasteiger partial charge on any atom is 0.247 e. The minimum Gasteiger partial charge on any atom is -0.454 e. The second kappa shape index (κ2) is 7.66. The van der Waals surface area contributed by atoms with Crippen molar-refractivity contribution in [3.63, 3.8) is 0 Å². The van der Waals surface area contributed by atoms with E-state index in [-0.39, 0.29) is 6.79 Å². The second-order valence-corrected chi connectivity index (χ2v) is 9.24. The number of hydrogen-bond acceptors (Lipinski definition) is 8. The Labute approximate surface area is 187 Å². The minimum atomic E-state index is -0.517. The number of nitrogens with zero attached hydrogens (tertiary/aromatic N) is 3. The molecule has 0 radical (unpaired) electrons. The molecular formula is C19H14Br2N4O3S. The summed E-state index contributed by atoms with van der Waals surface area (Å²) in [6, 6.07) is 9.70. The zero-order chi connectivity index (χ0) is 20.0. The van der Waals surface area contributed by atoms with Crippen LogP contribution in [0.15, 0.2) is 44.4 Å². The van der Waals surface area contributed by atoms with E-state index in [1.54, 1.807) is 0 Å². The first-order chi connectivity index (χ1) is 14.1. The first-order valence-electron chi connectivity index (χ1n) is 8.82. The van der Waals surface area contributed by atoms with Gasteiger partial charge in [0.25, 0.3) is 0 Å². The number of thioether (sulfide) groups is 1. The number of halogens is 2. The van der Waals surface area contributed by atoms with Crippen LogP contribution >= 0.6 is 43.6 Å². The van der Waals surface area contributed by atoms with Gasteiger partial charge in [0.2, 0.25) is 17.8 Å². The average Bonchev–Trinajstić information content (AvgIpc) is 3.09. The van der Waals surface area contributed by atoms with Crippen molar-refractivity contribution in [1.29, 1.82) is 0 Å². The monoisotopic (exact) mass is 536 g/mol. The molecule has 148 valence electrons. The summed E-state index contributed by atoms with van der Waals surface area (Å²) in [6.07, 6.45) is -0.517. The van der Waals surface area contributed by atoms with Gasteiger partial charge in [-0.3, -0.25) is 0 Å². The molecule has 0 fully saturated rings. The summed E-state index contributed by atoms with van der Waals surface area (Å²) in [5.41, 5.74) is 3.18. The largest absolute Gasteiger partial charge is 0.454 e. The van der Waals surface area contributed by atoms with Gasteiger partial charge < -0.3 is 19.5 Å². The quantitative estimate of drug-likeness (QED) is 0.444. The molecule has 3 aromatic rings. The highest BCUT2D eigenvalue weighted by atomic mass is 79.9. The lowest BCUT2D eigenvalue weighted by molar-refractivity contribution is 0.173. The molecule has 7 nitrogen and oxygen atoms in total. The van der Waals surface area contributed by atoms with Gasteiger partial charge in [-0.2, -0.15) is 4.98 Å². The molecule has 0 saturated carbocycles. The second-order valence-electron chi connectivity index (χ2n) is 6.24. The number of anilines is 1. The van der Waals surface area contributed by atoms with Crippen molar-refractivity contribution in [2.24, 2.45) is 0 Å². The summed E-state index contributed by atoms with van der Waals surface area (Å²) in [4.78, 5) is 4.61. The Bertz CT molecular complexity index is 1120. The summed E-state index contributed by atoms with van der Waals surface area (Å²) >= 11 is 8.68. The van der Waals surface area contributed by atoms with Crippen LogP contribution in [0.3, 0.4) is 0 Å². The first kappa shape index (κ1) is 19.0. The number of aromatic nitrogens is 3. The number of hydrogen-bond donors (Lipinski definition) is 1. The van der Waals surface area contributed by atoms with Crippen LogP contribution in [0.2, 0.25) is 0 Å². The van der Waals surface area contributed by atoms with Crippen molar-refractivity contribution in [1.82, 2.24) is 15.2 Å². The van der Waals surface area contributed by atoms with E-state index in [9.17, 15) is 0 Å². The predicted molar refractivity (Wildman–Crippen MR) is 117 cm³/mol. The SMILES string of the molecule is CCSc1nnc2c(n1)O[C@H](c1cc3c(cc1Br)OCO3)Nc1ccc(Br)cc1-2. The van der Waals surface area contributed by atoms with Gasteiger partial charge in [0.05, 0.1) is 0 Å². The fourth-order valence-electron chi connectivity index (χ4n) is 3.13. The van der Waals surface area contributed by atoms with Gasteiger partial charge in [-0.1, -0.05) is 50.5 Å². The van der Waals surface area contributed by atoms with Gasteiger partial charge in [0.1, 0.15) is 0 Å². The Hall–Kier alpha value is -2.04. The van der Waals surface area contributed by atoms with E-state index in [0.29, 0.717) is 28.2 Å². The van der Waals surface area contributed by atoms with E-state index < -0.39 is 6.23 Å². The van der Waals surface area contributed by atoms with Crippen molar-refractivity contribution in [3.8, 4) is 28.6 Å². The van der Waals surface area contributed by atoms with Gasteiger partial charge in [-0.15, -0.1) is 10.2 Å². The zero-order valence-electron chi connectivity index (χ0n) is 15.1. The van der Waals surface area contributed by atoms with Gasteiger partial charge in [-0.05, 0) is 36.1 Å². The lowest BCUT2D eigenvalue weighted by atomic mass is 10.1. The third kappa shape index (κ3) is 3.53. The lowest BCUT2D eigenvalue weighted by Crippen LogP contribution is -2.17. The predicted octanol–water partition coefficient (Wildman–Crippen LogP) is 5.41. The molecule has 2 aromatic carbocycles. The molecule has 0 spiro atoms. The molecule has 29 heavy (non-hydrogen) atoms. The molecule has 1 atom stereocenters. The van der Waals surface area contributed by atoms with Gasteiger partial charge >= 0.3 is 0 Å². The number of fused-ring (bicyclic) bond motifs is 4. The van der Waals surface area contributed by atoms with Crippen molar-refractivity contribution in [2.75, 3.05) is 17.9 Å². The first-order valence-corrected chi connectivity index (χ1v) is 11.4. The third-order valence-corrected chi connectivity index (χ3v) is 6.34. The maximum atomic E-state index is 6.31. The normalized spacial score (nSPS) is 16.3. The minimum absolute atomic E-state index is 0.207. The lowest BCUT2D eigenvalue weighted by Gasteiger charge is -2.21. The van der Waals surface area contributed by atoms with Crippen LogP contribution in [0.1, 0.15) is 18.7 Å². The number of ether oxygens (including phenoxy) is 3. The van der Waals surface area contributed by atoms with Crippen LogP contribution in [0.25, 0.3) is 11.3 Å². The number of benzene rings is 2. The van der Waals surface area contributed by atoms with E-state index in [1.165, 1.54) is 11.8 Å². The molecule has 2 aliphatic heterocycles. The van der Waals surface area contributed by atoms with Crippen molar-refractivity contribution < 1.29 is 14.2 Å². The van der Waals surface area contributed by atoms with Crippen LogP contribution in [0.5, 0.6) is 17.4 Å². The Morgan fingerprint density at radius 1 is 1.14 bits per heavy atom. The summed E-state index contributed by atoms with van der Waals surface area (Å²) < 4.78 is 19.1. The van der Waals surface area contributed by atoms with Crippen LogP contribution in [-0.2, 0) is 0 Å². The fourth-order valence-corrected chi connectivity index (χ4v) is 4.53. The topological polar surface area (TPSA) is 78.4 Å². The van der Waals surface area contributed by atoms with Gasteiger partial charge in [-0.25, -0.2) is 0 Å². The highest BCUT2D eigenvalue weighted by molar-refractivity contribution is 9.10. The molecule has 0 aliphatic carbocycles. The molecular weight excluding hydrogens is 524 g/mol. The van der Waals surface area contributed by atoms with Gasteiger partial charge in [0.15, 0.2) is 23.4 Å². The van der Waals surface area contributed by atoms with Crippen LogP contribution in [0.4, 0.5) is 5.69 Å². The van der Waals surface area contributed by atoms with Crippen LogP contribution in [-0.4, -0.2) is 27.7 Å². The van der Waals surface area contributed by atoms with Gasteiger partial charge in [0, 0.05) is 25.8 Å². The summed E-state index contributed by atoms with van der Waals surface area (Å²) in [7, 11) is 0. The average molecular weight is 538 g/mol. The summed E-state index contributed by atoms with van der Waals surface area (Å²) in [6.45, 7) is 2.25. The summed E-state index contributed by atoms with van der Waals surface area (Å²) in [5.74, 6) is 2.65. The van der Waals surface area contributed by atoms with Crippen LogP contribution < -0.4 is 19.5 Å². The Morgan fingerprint density at radius 3 is 2.79 bits per heavy atom. The van der Waals surface area contributed by atoms with E-state index >= 15 is 0 Å². The third-order valence-electron chi connectivity index (χ3n) is 4.44. The van der Waals surface area contributed by atoms with E-state index in [4.69, 9.17) is 14.2 Å². The highest BCUT2D eigenvalue weighted by Crippen LogP contribution is 2.44. The molecule has 0 bridgehead atoms. The van der Waals surface area contributed by atoms with E-state index in [2.05, 4.69) is 52.4 Å². The smallest absolute Gasteiger partial charge is 0.247 e. The molecule has 0 unspecified atom stereocenters. The van der Waals surface area contributed by atoms with E-state index in [1.807, 2.05) is 37.3 Å². The van der Waals surface area contributed by atoms with Crippen molar-refractivity contribution in [3.05, 3.63) is 44.8 Å². The molecule has 3 heterocycles. The number of nitrogens with one attached hydrogen (secondary N) is 1. The molecule has 1 N–H and O–H groups in total. The number of rotatable bonds is 3. The Balaban J connectivity index is 1.65. The Kier molecular flexibility index (Phi) is 5.00. The maximum absolute atomic E-state index is 6.31. The molecule has 2 aliphatic rings. The van der Waals surface area contributed by atoms with E-state index in [0.717, 1.165) is 31.5 Å². The fraction of sp³-hybridized carbons (Fsp3) is 0.211. The Morgan fingerprint density at radius 2 is 1.97 bits per heavy atom. The molecule has 0 amide bonds. The molecule has 0 saturated heterocycles. The molecule has 5 rings (SSSR count). The van der Waals surface area contributed by atoms with Crippen LogP contribution in [0, 0.1) is 0 Å². The zero-order valence-corrected chi connectivity index (χ0v) is 19.1. The highest BCUT2D eigenvalue weighted by Gasteiger charge is 2.29. The van der Waals surface area contributed by atoms with Crippen molar-refractivity contribution >= 4 is 49.3 Å². The standard InChI is InChI=1S/C19H14Br2N4O3S/c1-2-29-19-23-18-16(24-25-19)11-5-9(20)3-4-13(11)22-17(28-18)10-6-14-15(7-12(10)21)27-8-26-14/h3-7,17,22H,2,8H2,1H3/t17-/m1/s1. The van der Waals surface area contributed by atoms with Crippen molar-refractivity contribution in [2.45, 2.75) is 18.3 Å². The summed E-state index contributed by atoms with van der Waals surface area (Å²) in [5, 5.41) is 12.7.